The second-order valence-electron chi connectivity index (χ2n) is 5.78. The van der Waals surface area contributed by atoms with E-state index in [1.165, 1.54) is 0 Å². The molecule has 0 aliphatic heterocycles. The lowest BCUT2D eigenvalue weighted by Crippen LogP contribution is -2.41. The summed E-state index contributed by atoms with van der Waals surface area (Å²) in [6.07, 6.45) is 1.57. The molecule has 0 fully saturated rings. The topological polar surface area (TPSA) is 132 Å². The Balaban J connectivity index is 0.00000529. The van der Waals surface area contributed by atoms with Crippen LogP contribution in [0.15, 0.2) is 23.1 Å². The highest BCUT2D eigenvalue weighted by atomic mass is 35.5. The maximum atomic E-state index is 12.3. The summed E-state index contributed by atoms with van der Waals surface area (Å²) in [4.78, 5) is 22.2. The third kappa shape index (κ3) is 6.42. The predicted octanol–water partition coefficient (Wildman–Crippen LogP) is 1.52. The van der Waals surface area contributed by atoms with Gasteiger partial charge < -0.3 is 11.1 Å². The molecule has 1 atom stereocenters. The van der Waals surface area contributed by atoms with E-state index in [1.54, 1.807) is 0 Å². The van der Waals surface area contributed by atoms with Crippen LogP contribution >= 0.6 is 12.4 Å². The van der Waals surface area contributed by atoms with Crippen LogP contribution in [-0.4, -0.2) is 38.1 Å². The van der Waals surface area contributed by atoms with Gasteiger partial charge in [0.25, 0.3) is 11.6 Å². The predicted molar refractivity (Wildman–Crippen MR) is 93.2 cm³/mol. The largest absolute Gasteiger partial charge is 0.348 e. The van der Waals surface area contributed by atoms with Gasteiger partial charge in [-0.3, -0.25) is 14.9 Å². The third-order valence-corrected chi connectivity index (χ3v) is 4.26. The van der Waals surface area contributed by atoms with Crippen molar-refractivity contribution in [1.82, 2.24) is 5.32 Å². The van der Waals surface area contributed by atoms with Gasteiger partial charge in [-0.2, -0.15) is 0 Å². The number of sulfone groups is 1. The average Bonchev–Trinajstić information content (AvgIpc) is 2.44. The number of amides is 1. The van der Waals surface area contributed by atoms with E-state index in [2.05, 4.69) is 5.32 Å². The Morgan fingerprint density at radius 1 is 1.33 bits per heavy atom. The number of hydrogen-bond donors (Lipinski definition) is 2. The molecular weight excluding hydrogens is 358 g/mol. The zero-order valence-electron chi connectivity index (χ0n) is 13.7. The van der Waals surface area contributed by atoms with Gasteiger partial charge in [-0.15, -0.1) is 12.4 Å². The molecule has 3 N–H and O–H groups in total. The lowest BCUT2D eigenvalue weighted by Gasteiger charge is -2.19. The highest BCUT2D eigenvalue weighted by Crippen LogP contribution is 2.21. The zero-order chi connectivity index (χ0) is 17.8. The number of nitro benzene ring substituents is 1. The number of nitrogens with zero attached hydrogens (tertiary/aromatic N) is 1. The summed E-state index contributed by atoms with van der Waals surface area (Å²) in [5, 5.41) is 13.6. The standard InChI is InChI=1S/C14H21N3O5S.ClH/c1-9(2)4-11(8-15)16-14(18)10-5-12(17(19)20)7-13(6-10)23(3,21)22;/h5-7,9,11H,4,8,15H2,1-3H3,(H,16,18);1H. The molecule has 1 amide bonds. The van der Waals surface area contributed by atoms with Gasteiger partial charge in [0.05, 0.1) is 9.82 Å². The number of non-ortho nitro benzene ring substituents is 1. The molecule has 0 radical (unpaired) electrons. The first-order chi connectivity index (χ1) is 10.5. The molecule has 0 aliphatic rings. The van der Waals surface area contributed by atoms with Crippen molar-refractivity contribution < 1.29 is 18.1 Å². The number of nitrogens with two attached hydrogens (primary N) is 1. The fourth-order valence-corrected chi connectivity index (χ4v) is 2.76. The number of nitrogens with one attached hydrogen (secondary N) is 1. The van der Waals surface area contributed by atoms with E-state index in [1.807, 2.05) is 13.8 Å². The van der Waals surface area contributed by atoms with Gasteiger partial charge in [0, 0.05) is 36.5 Å². The van der Waals surface area contributed by atoms with Crippen LogP contribution in [0.4, 0.5) is 5.69 Å². The van der Waals surface area contributed by atoms with Crippen molar-refractivity contribution in [3.8, 4) is 0 Å². The minimum absolute atomic E-state index is 0. The summed E-state index contributed by atoms with van der Waals surface area (Å²) in [5.41, 5.74) is 5.07. The van der Waals surface area contributed by atoms with Crippen LogP contribution in [0.2, 0.25) is 0 Å². The van der Waals surface area contributed by atoms with Crippen molar-refractivity contribution in [2.45, 2.75) is 31.2 Å². The zero-order valence-corrected chi connectivity index (χ0v) is 15.3. The minimum Gasteiger partial charge on any atom is -0.348 e. The van der Waals surface area contributed by atoms with Crippen LogP contribution in [0.1, 0.15) is 30.6 Å². The summed E-state index contributed by atoms with van der Waals surface area (Å²) in [7, 11) is -3.68. The molecule has 0 bridgehead atoms. The van der Waals surface area contributed by atoms with E-state index in [-0.39, 0.29) is 35.5 Å². The lowest BCUT2D eigenvalue weighted by atomic mass is 10.0. The smallest absolute Gasteiger partial charge is 0.271 e. The van der Waals surface area contributed by atoms with Gasteiger partial charge in [-0.25, -0.2) is 8.42 Å². The fraction of sp³-hybridized carbons (Fsp3) is 0.500. The summed E-state index contributed by atoms with van der Waals surface area (Å²) >= 11 is 0. The first kappa shape index (κ1) is 22.3. The van der Waals surface area contributed by atoms with Gasteiger partial charge in [-0.05, 0) is 18.4 Å². The molecule has 1 unspecified atom stereocenters. The second-order valence-corrected chi connectivity index (χ2v) is 7.80. The van der Waals surface area contributed by atoms with Crippen LogP contribution in [0.25, 0.3) is 0 Å². The molecule has 0 spiro atoms. The van der Waals surface area contributed by atoms with Gasteiger partial charge in [0.15, 0.2) is 9.84 Å². The van der Waals surface area contributed by atoms with Gasteiger partial charge in [0.1, 0.15) is 0 Å². The summed E-state index contributed by atoms with van der Waals surface area (Å²) in [6, 6.07) is 2.82. The molecule has 0 heterocycles. The molecule has 136 valence electrons. The Morgan fingerprint density at radius 2 is 1.92 bits per heavy atom. The van der Waals surface area contributed by atoms with E-state index in [0.29, 0.717) is 12.3 Å². The number of hydrogen-bond acceptors (Lipinski definition) is 6. The second kappa shape index (κ2) is 8.95. The third-order valence-electron chi connectivity index (χ3n) is 3.17. The van der Waals surface area contributed by atoms with Crippen LogP contribution in [0, 0.1) is 16.0 Å². The highest BCUT2D eigenvalue weighted by Gasteiger charge is 2.20. The maximum Gasteiger partial charge on any atom is 0.271 e. The SMILES string of the molecule is CC(C)CC(CN)NC(=O)c1cc([N+](=O)[O-])cc(S(C)(=O)=O)c1.Cl. The van der Waals surface area contributed by atoms with E-state index < -0.39 is 26.4 Å². The van der Waals surface area contributed by atoms with E-state index in [0.717, 1.165) is 24.5 Å². The summed E-state index contributed by atoms with van der Waals surface area (Å²) in [5.74, 6) is -0.282. The minimum atomic E-state index is -3.68. The first-order valence-corrected chi connectivity index (χ1v) is 8.94. The number of carbonyl (C=O) groups is 1. The highest BCUT2D eigenvalue weighted by molar-refractivity contribution is 7.90. The molecule has 0 saturated carbocycles. The van der Waals surface area contributed by atoms with E-state index >= 15 is 0 Å². The number of benzene rings is 1. The molecule has 0 aromatic heterocycles. The Morgan fingerprint density at radius 3 is 2.33 bits per heavy atom. The molecule has 1 rings (SSSR count). The number of rotatable bonds is 7. The van der Waals surface area contributed by atoms with Gasteiger partial charge >= 0.3 is 0 Å². The Labute approximate surface area is 147 Å². The normalized spacial score (nSPS) is 12.4. The van der Waals surface area contributed by atoms with Gasteiger partial charge in [-0.1, -0.05) is 13.8 Å². The molecule has 0 saturated heterocycles. The molecular formula is C14H22ClN3O5S. The van der Waals surface area contributed by atoms with Crippen molar-refractivity contribution in [3.63, 3.8) is 0 Å². The number of nitro groups is 1. The maximum absolute atomic E-state index is 12.3. The fourth-order valence-electron chi connectivity index (χ4n) is 2.09. The van der Waals surface area contributed by atoms with Crippen molar-refractivity contribution in [3.05, 3.63) is 33.9 Å². The summed E-state index contributed by atoms with van der Waals surface area (Å²) < 4.78 is 23.3. The first-order valence-electron chi connectivity index (χ1n) is 7.05. The summed E-state index contributed by atoms with van der Waals surface area (Å²) in [6.45, 7) is 4.17. The van der Waals surface area contributed by atoms with Crippen LogP contribution in [0.3, 0.4) is 0 Å². The molecule has 8 nitrogen and oxygen atoms in total. The number of halogens is 1. The average molecular weight is 380 g/mol. The van der Waals surface area contributed by atoms with Crippen molar-refractivity contribution >= 4 is 33.8 Å². The molecule has 1 aromatic carbocycles. The Kier molecular flexibility index (Phi) is 8.31. The van der Waals surface area contributed by atoms with Crippen molar-refractivity contribution in [2.24, 2.45) is 11.7 Å². The Hall–Kier alpha value is -1.71. The molecule has 24 heavy (non-hydrogen) atoms. The number of carbonyl (C=O) groups excluding carboxylic acids is 1. The Bertz CT molecular complexity index is 706. The monoisotopic (exact) mass is 379 g/mol. The molecule has 0 aliphatic carbocycles. The van der Waals surface area contributed by atoms with E-state index in [4.69, 9.17) is 5.73 Å². The van der Waals surface area contributed by atoms with Crippen LogP contribution in [-0.2, 0) is 9.84 Å². The molecule has 1 aromatic rings. The van der Waals surface area contributed by atoms with Crippen molar-refractivity contribution in [1.29, 1.82) is 0 Å². The quantitative estimate of drug-likeness (QED) is 0.545. The van der Waals surface area contributed by atoms with Gasteiger partial charge in [0.2, 0.25) is 0 Å². The van der Waals surface area contributed by atoms with Crippen molar-refractivity contribution in [2.75, 3.05) is 12.8 Å². The lowest BCUT2D eigenvalue weighted by molar-refractivity contribution is -0.385. The van der Waals surface area contributed by atoms with E-state index in [9.17, 15) is 23.3 Å². The molecule has 10 heteroatoms. The van der Waals surface area contributed by atoms with Crippen LogP contribution < -0.4 is 11.1 Å². The van der Waals surface area contributed by atoms with Crippen LogP contribution in [0.5, 0.6) is 0 Å².